The van der Waals surface area contributed by atoms with Gasteiger partial charge >= 0.3 is 0 Å². The van der Waals surface area contributed by atoms with E-state index in [0.717, 1.165) is 51.8 Å². The van der Waals surface area contributed by atoms with Crippen LogP contribution in [0.15, 0.2) is 78.9 Å². The minimum absolute atomic E-state index is 0.0189. The Bertz CT molecular complexity index is 1890. The second-order valence-electron chi connectivity index (χ2n) is 14.9. The van der Waals surface area contributed by atoms with Gasteiger partial charge in [-0.05, 0) is 62.9 Å². The number of benzene rings is 4. The van der Waals surface area contributed by atoms with E-state index in [0.29, 0.717) is 41.0 Å². The number of hydrogen-bond donors (Lipinski definition) is 2. The molecule has 1 atom stereocenters. The van der Waals surface area contributed by atoms with Crippen molar-refractivity contribution in [3.05, 3.63) is 112 Å². The molecule has 2 N–H and O–H groups in total. The molecule has 0 saturated carbocycles. The van der Waals surface area contributed by atoms with Crippen LogP contribution < -0.4 is 4.74 Å². The molecule has 5 aromatic rings. The largest absolute Gasteiger partial charge is 0.507 e. The fraction of sp³-hybridized carbons (Fsp3) is 0.413. The number of rotatable bonds is 18. The molecule has 0 radical (unpaired) electrons. The molecule has 1 heterocycles. The maximum atomic E-state index is 12.3. The smallest absolute Gasteiger partial charge is 0.167 e. The summed E-state index contributed by atoms with van der Waals surface area (Å²) in [6.07, 6.45) is 7.64. The summed E-state index contributed by atoms with van der Waals surface area (Å²) in [5.41, 5.74) is 7.58. The Morgan fingerprint density at radius 1 is 0.642 bits per heavy atom. The van der Waals surface area contributed by atoms with Gasteiger partial charge in [-0.1, -0.05) is 137 Å². The van der Waals surface area contributed by atoms with E-state index in [4.69, 9.17) is 24.4 Å². The van der Waals surface area contributed by atoms with Crippen molar-refractivity contribution >= 4 is 0 Å². The lowest BCUT2D eigenvalue weighted by Crippen LogP contribution is -2.26. The van der Waals surface area contributed by atoms with Crippen LogP contribution in [-0.2, 0) is 10.2 Å². The highest BCUT2D eigenvalue weighted by atomic mass is 16.5. The van der Waals surface area contributed by atoms with Gasteiger partial charge in [0.05, 0.1) is 12.2 Å². The predicted octanol–water partition coefficient (Wildman–Crippen LogP) is 10.6. The molecule has 7 nitrogen and oxygen atoms in total. The molecule has 0 bridgehead atoms. The van der Waals surface area contributed by atoms with Gasteiger partial charge in [0, 0.05) is 28.7 Å². The zero-order valence-electron chi connectivity index (χ0n) is 32.7. The van der Waals surface area contributed by atoms with E-state index in [-0.39, 0.29) is 19.0 Å². The molecule has 1 aromatic heterocycles. The second kappa shape index (κ2) is 18.4. The highest BCUT2D eigenvalue weighted by Crippen LogP contribution is 2.47. The maximum Gasteiger partial charge on any atom is 0.167 e. The van der Waals surface area contributed by atoms with E-state index in [1.165, 1.54) is 32.1 Å². The van der Waals surface area contributed by atoms with Gasteiger partial charge in [-0.2, -0.15) is 0 Å². The summed E-state index contributed by atoms with van der Waals surface area (Å²) in [6.45, 7) is 15.4. The number of aliphatic hydroxyl groups is 1. The van der Waals surface area contributed by atoms with Crippen LogP contribution in [0, 0.1) is 27.7 Å². The van der Waals surface area contributed by atoms with Crippen molar-refractivity contribution in [2.45, 2.75) is 105 Å². The van der Waals surface area contributed by atoms with Crippen LogP contribution in [-0.4, -0.2) is 51.1 Å². The van der Waals surface area contributed by atoms with Crippen LogP contribution in [0.25, 0.3) is 34.2 Å². The molecular weight excluding hydrogens is 659 g/mol. The molecule has 7 heteroatoms. The van der Waals surface area contributed by atoms with Gasteiger partial charge in [0.2, 0.25) is 0 Å². The minimum Gasteiger partial charge on any atom is -0.507 e. The lowest BCUT2D eigenvalue weighted by atomic mass is 9.76. The quantitative estimate of drug-likeness (QED) is 0.0872. The number of aromatic nitrogens is 3. The number of aryl methyl sites for hydroxylation is 4. The van der Waals surface area contributed by atoms with Crippen molar-refractivity contribution in [1.82, 2.24) is 15.0 Å². The van der Waals surface area contributed by atoms with Gasteiger partial charge in [0.25, 0.3) is 0 Å². The lowest BCUT2D eigenvalue weighted by molar-refractivity contribution is 0.0106. The number of unbranched alkanes of at least 4 members (excludes halogenated alkanes) is 6. The van der Waals surface area contributed by atoms with Crippen molar-refractivity contribution in [1.29, 1.82) is 0 Å². The topological polar surface area (TPSA) is 97.6 Å². The number of ether oxygens (including phenoxy) is 2. The van der Waals surface area contributed by atoms with Crippen molar-refractivity contribution in [2.24, 2.45) is 0 Å². The molecule has 1 unspecified atom stereocenters. The molecule has 280 valence electrons. The summed E-state index contributed by atoms with van der Waals surface area (Å²) in [5.74, 6) is 1.92. The molecule has 0 aliphatic rings. The van der Waals surface area contributed by atoms with Gasteiger partial charge in [-0.3, -0.25) is 0 Å². The van der Waals surface area contributed by atoms with Crippen LogP contribution in [0.5, 0.6) is 11.5 Å². The van der Waals surface area contributed by atoms with Crippen LogP contribution in [0.3, 0.4) is 0 Å². The first-order chi connectivity index (χ1) is 25.5. The Kier molecular flexibility index (Phi) is 13.8. The van der Waals surface area contributed by atoms with E-state index in [2.05, 4.69) is 72.7 Å². The summed E-state index contributed by atoms with van der Waals surface area (Å²) in [4.78, 5) is 15.0. The van der Waals surface area contributed by atoms with Gasteiger partial charge in [-0.15, -0.1) is 0 Å². The number of hydrogen-bond acceptors (Lipinski definition) is 7. The van der Waals surface area contributed by atoms with Gasteiger partial charge < -0.3 is 19.7 Å². The Balaban J connectivity index is 1.49. The molecule has 5 rings (SSSR count). The first-order valence-electron chi connectivity index (χ1n) is 19.2. The number of aromatic hydroxyl groups is 1. The summed E-state index contributed by atoms with van der Waals surface area (Å²) < 4.78 is 12.1. The molecule has 4 aromatic carbocycles. The van der Waals surface area contributed by atoms with Crippen molar-refractivity contribution in [2.75, 3.05) is 19.8 Å². The third-order valence-electron chi connectivity index (χ3n) is 10.0. The van der Waals surface area contributed by atoms with Crippen molar-refractivity contribution in [3.8, 4) is 45.7 Å². The molecule has 0 spiro atoms. The average molecular weight is 716 g/mol. The Morgan fingerprint density at radius 3 is 1.74 bits per heavy atom. The first kappa shape index (κ1) is 39.6. The molecule has 0 saturated heterocycles. The number of aliphatic hydroxyl groups excluding tert-OH is 1. The SMILES string of the molecule is CCCCCCCCCOCC(O)COc1ccc(-c2nc(-c3ccc(C)cc3C)nc(-c3ccc(C)cc3C)n2)c(O)c1C(C)(C)c1ccccc1. The number of nitrogens with zero attached hydrogens (tertiary/aromatic N) is 3. The summed E-state index contributed by atoms with van der Waals surface area (Å²) >= 11 is 0. The van der Waals surface area contributed by atoms with Gasteiger partial charge in [-0.25, -0.2) is 15.0 Å². The summed E-state index contributed by atoms with van der Waals surface area (Å²) in [6, 6.07) is 26.1. The number of phenols is 1. The van der Waals surface area contributed by atoms with Crippen molar-refractivity contribution < 1.29 is 19.7 Å². The third kappa shape index (κ3) is 10.1. The maximum absolute atomic E-state index is 12.3. The normalized spacial score (nSPS) is 12.2. The van der Waals surface area contributed by atoms with Crippen LogP contribution in [0.4, 0.5) is 0 Å². The molecule has 0 amide bonds. The van der Waals surface area contributed by atoms with E-state index in [1.54, 1.807) is 6.07 Å². The monoisotopic (exact) mass is 715 g/mol. The fourth-order valence-electron chi connectivity index (χ4n) is 6.96. The predicted molar refractivity (Wildman–Crippen MR) is 216 cm³/mol. The lowest BCUT2D eigenvalue weighted by Gasteiger charge is -2.30. The third-order valence-corrected chi connectivity index (χ3v) is 10.0. The van der Waals surface area contributed by atoms with Gasteiger partial charge in [0.1, 0.15) is 24.2 Å². The minimum atomic E-state index is -0.821. The summed E-state index contributed by atoms with van der Waals surface area (Å²) in [5, 5.41) is 23.2. The standard InChI is InChI=1S/C46H57N3O4/c1-8-9-10-11-12-13-17-26-52-29-36(50)30-53-40-25-24-39(42(51)41(40)46(6,7)35-18-15-14-16-19-35)45-48-43(37-22-20-31(2)27-33(37)4)47-44(49-45)38-23-21-32(3)28-34(38)5/h14-16,18-25,27-28,36,50-51H,8-13,17,26,29-30H2,1-7H3. The highest BCUT2D eigenvalue weighted by molar-refractivity contribution is 5.75. The zero-order valence-corrected chi connectivity index (χ0v) is 32.7. The van der Waals surface area contributed by atoms with E-state index >= 15 is 0 Å². The first-order valence-corrected chi connectivity index (χ1v) is 19.2. The van der Waals surface area contributed by atoms with Crippen LogP contribution in [0.1, 0.15) is 99.1 Å². The molecule has 0 fully saturated rings. The fourth-order valence-corrected chi connectivity index (χ4v) is 6.96. The Labute approximate surface area is 316 Å². The number of phenolic OH excluding ortho intramolecular Hbond substituents is 1. The molecule has 53 heavy (non-hydrogen) atoms. The van der Waals surface area contributed by atoms with E-state index in [9.17, 15) is 10.2 Å². The highest BCUT2D eigenvalue weighted by Gasteiger charge is 2.33. The van der Waals surface area contributed by atoms with Crippen LogP contribution in [0.2, 0.25) is 0 Å². The molecule has 0 aliphatic heterocycles. The van der Waals surface area contributed by atoms with Crippen LogP contribution >= 0.6 is 0 Å². The molecular formula is C46H57N3O4. The second-order valence-corrected chi connectivity index (χ2v) is 14.9. The van der Waals surface area contributed by atoms with Gasteiger partial charge in [0.15, 0.2) is 17.5 Å². The van der Waals surface area contributed by atoms with Crippen molar-refractivity contribution in [3.63, 3.8) is 0 Å². The average Bonchev–Trinajstić information content (AvgIpc) is 3.13. The Hall–Kier alpha value is -4.59. The Morgan fingerprint density at radius 2 is 1.17 bits per heavy atom. The summed E-state index contributed by atoms with van der Waals surface area (Å²) in [7, 11) is 0. The van der Waals surface area contributed by atoms with E-state index in [1.807, 2.05) is 48.5 Å². The molecule has 0 aliphatic carbocycles. The van der Waals surface area contributed by atoms with E-state index < -0.39 is 11.5 Å². The zero-order chi connectivity index (χ0) is 38.0.